The molecule has 1 amide bonds. The van der Waals surface area contributed by atoms with Gasteiger partial charge in [0.2, 0.25) is 0 Å². The maximum atomic E-state index is 12.8. The molecule has 1 N–H and O–H groups in total. The second-order valence-corrected chi connectivity index (χ2v) is 10.0. The molecule has 0 aromatic carbocycles. The van der Waals surface area contributed by atoms with Crippen LogP contribution in [0.15, 0.2) is 0 Å². The molecule has 4 nitrogen and oxygen atoms in total. The van der Waals surface area contributed by atoms with Crippen LogP contribution >= 0.6 is 11.6 Å². The summed E-state index contributed by atoms with van der Waals surface area (Å²) in [7, 11) is 0. The Balaban J connectivity index is 1.31. The molecule has 2 atom stereocenters. The van der Waals surface area contributed by atoms with Crippen molar-refractivity contribution in [1.82, 2.24) is 5.32 Å². The first-order valence-corrected chi connectivity index (χ1v) is 10.5. The largest absolute Gasteiger partial charge is 0.455 e. The maximum absolute atomic E-state index is 12.8. The van der Waals surface area contributed by atoms with Gasteiger partial charge in [0, 0.05) is 10.9 Å². The predicted octanol–water partition coefficient (Wildman–Crippen LogP) is 3.95. The summed E-state index contributed by atoms with van der Waals surface area (Å²) in [5, 5.41) is 3.05. The Morgan fingerprint density at radius 1 is 1.00 bits per heavy atom. The highest BCUT2D eigenvalue weighted by Gasteiger charge is 2.60. The number of carbonyl (C=O) groups is 2. The lowest BCUT2D eigenvalue weighted by Crippen LogP contribution is -2.56. The fourth-order valence-electron chi connectivity index (χ4n) is 6.37. The van der Waals surface area contributed by atoms with Crippen molar-refractivity contribution in [3.8, 4) is 0 Å². The van der Waals surface area contributed by atoms with E-state index in [1.165, 1.54) is 32.1 Å². The number of nitrogens with one attached hydrogen (secondary N) is 1. The first kappa shape index (κ1) is 17.6. The van der Waals surface area contributed by atoms with E-state index in [9.17, 15) is 9.59 Å². The molecular weight excluding hydrogens is 338 g/mol. The summed E-state index contributed by atoms with van der Waals surface area (Å²) < 4.78 is 5.50. The van der Waals surface area contributed by atoms with E-state index in [1.807, 2.05) is 0 Å². The number of rotatable bonds is 4. The highest BCUT2D eigenvalue weighted by atomic mass is 35.5. The molecule has 0 spiro atoms. The molecule has 0 aliphatic heterocycles. The molecule has 0 aromatic rings. The van der Waals surface area contributed by atoms with Crippen molar-refractivity contribution in [3.05, 3.63) is 0 Å². The summed E-state index contributed by atoms with van der Waals surface area (Å²) in [6.45, 7) is -0.137. The molecular formula is C20H30ClNO3. The van der Waals surface area contributed by atoms with Gasteiger partial charge in [-0.05, 0) is 63.2 Å². The van der Waals surface area contributed by atoms with Gasteiger partial charge in [0.05, 0.1) is 5.41 Å². The number of amides is 1. The molecule has 0 heterocycles. The van der Waals surface area contributed by atoms with Gasteiger partial charge in [0.1, 0.15) is 0 Å². The zero-order valence-corrected chi connectivity index (χ0v) is 15.8. The van der Waals surface area contributed by atoms with Gasteiger partial charge in [-0.25, -0.2) is 0 Å². The van der Waals surface area contributed by atoms with Crippen LogP contribution in [0.25, 0.3) is 0 Å². The Hall–Kier alpha value is -0.770. The van der Waals surface area contributed by atoms with E-state index < -0.39 is 5.41 Å². The smallest absolute Gasteiger partial charge is 0.312 e. The second kappa shape index (κ2) is 6.75. The van der Waals surface area contributed by atoms with Crippen molar-refractivity contribution in [2.45, 2.75) is 88.0 Å². The number of hydrogen-bond donors (Lipinski definition) is 1. The van der Waals surface area contributed by atoms with Gasteiger partial charge < -0.3 is 10.1 Å². The SMILES string of the molecule is O=C(COC(=O)C12CC3CC(CC(Cl)(C3)C1)C2)NC1CCCCCC1. The van der Waals surface area contributed by atoms with E-state index in [4.69, 9.17) is 16.3 Å². The van der Waals surface area contributed by atoms with E-state index in [0.717, 1.165) is 44.9 Å². The third kappa shape index (κ3) is 3.70. The topological polar surface area (TPSA) is 55.4 Å². The van der Waals surface area contributed by atoms with Crippen molar-refractivity contribution in [3.63, 3.8) is 0 Å². The zero-order valence-electron chi connectivity index (χ0n) is 15.0. The van der Waals surface area contributed by atoms with Crippen LogP contribution in [0.3, 0.4) is 0 Å². The van der Waals surface area contributed by atoms with Gasteiger partial charge >= 0.3 is 5.97 Å². The number of halogens is 1. The molecule has 2 unspecified atom stereocenters. The minimum atomic E-state index is -0.422. The van der Waals surface area contributed by atoms with E-state index >= 15 is 0 Å². The standard InChI is InChI=1S/C20H30ClNO3/c21-20-10-14-7-15(11-20)9-19(8-14,13-20)18(24)25-12-17(23)22-16-5-3-1-2-4-6-16/h14-16H,1-13H2,(H,22,23). The highest BCUT2D eigenvalue weighted by Crippen LogP contribution is 2.64. The number of carbonyl (C=O) groups excluding carboxylic acids is 2. The molecule has 5 heteroatoms. The van der Waals surface area contributed by atoms with Crippen molar-refractivity contribution in [2.24, 2.45) is 17.3 Å². The molecule has 5 fully saturated rings. The van der Waals surface area contributed by atoms with Gasteiger partial charge in [0.25, 0.3) is 5.91 Å². The fraction of sp³-hybridized carbons (Fsp3) is 0.900. The van der Waals surface area contributed by atoms with Crippen LogP contribution in [-0.2, 0) is 14.3 Å². The van der Waals surface area contributed by atoms with E-state index in [0.29, 0.717) is 11.8 Å². The lowest BCUT2D eigenvalue weighted by molar-refractivity contribution is -0.171. The first-order valence-electron chi connectivity index (χ1n) is 10.1. The van der Waals surface area contributed by atoms with Crippen LogP contribution in [0, 0.1) is 17.3 Å². The number of alkyl halides is 1. The molecule has 5 saturated carbocycles. The minimum Gasteiger partial charge on any atom is -0.455 e. The van der Waals surface area contributed by atoms with Crippen molar-refractivity contribution < 1.29 is 14.3 Å². The Morgan fingerprint density at radius 2 is 1.64 bits per heavy atom. The molecule has 0 saturated heterocycles. The molecule has 5 aliphatic carbocycles. The van der Waals surface area contributed by atoms with Crippen molar-refractivity contribution >= 4 is 23.5 Å². The van der Waals surface area contributed by atoms with E-state index in [2.05, 4.69) is 5.32 Å². The summed E-state index contributed by atoms with van der Waals surface area (Å²) in [5.74, 6) is 0.797. The molecule has 0 radical (unpaired) electrons. The summed E-state index contributed by atoms with van der Waals surface area (Å²) in [4.78, 5) is 24.8. The van der Waals surface area contributed by atoms with Crippen LogP contribution in [-0.4, -0.2) is 29.4 Å². The average molecular weight is 368 g/mol. The molecule has 5 rings (SSSR count). The average Bonchev–Trinajstić information content (AvgIpc) is 2.79. The number of ether oxygens (including phenoxy) is 1. The van der Waals surface area contributed by atoms with E-state index in [-0.39, 0.29) is 29.4 Å². The van der Waals surface area contributed by atoms with E-state index in [1.54, 1.807) is 0 Å². The van der Waals surface area contributed by atoms with Crippen LogP contribution in [0.1, 0.15) is 77.0 Å². The summed E-state index contributed by atoms with van der Waals surface area (Å²) in [5.41, 5.74) is -0.422. The molecule has 4 bridgehead atoms. The summed E-state index contributed by atoms with van der Waals surface area (Å²) in [6, 6.07) is 0.249. The van der Waals surface area contributed by atoms with Gasteiger partial charge in [-0.15, -0.1) is 11.6 Å². The van der Waals surface area contributed by atoms with Crippen molar-refractivity contribution in [1.29, 1.82) is 0 Å². The fourth-order valence-corrected chi connectivity index (χ4v) is 7.06. The predicted molar refractivity (Wildman–Crippen MR) is 96.3 cm³/mol. The Labute approximate surface area is 155 Å². The first-order chi connectivity index (χ1) is 12.0. The van der Waals surface area contributed by atoms with Crippen LogP contribution in [0.5, 0.6) is 0 Å². The second-order valence-electron chi connectivity index (χ2n) is 9.22. The Kier molecular flexibility index (Phi) is 4.76. The molecule has 25 heavy (non-hydrogen) atoms. The lowest BCUT2D eigenvalue weighted by atomic mass is 9.49. The monoisotopic (exact) mass is 367 g/mol. The maximum Gasteiger partial charge on any atom is 0.312 e. The quantitative estimate of drug-likeness (QED) is 0.465. The number of hydrogen-bond acceptors (Lipinski definition) is 3. The zero-order chi connectivity index (χ0) is 17.5. The normalized spacial score (nSPS) is 40.5. The Morgan fingerprint density at radius 3 is 2.24 bits per heavy atom. The van der Waals surface area contributed by atoms with Gasteiger partial charge in [-0.1, -0.05) is 25.7 Å². The molecule has 140 valence electrons. The van der Waals surface area contributed by atoms with Gasteiger partial charge in [-0.3, -0.25) is 9.59 Å². The Bertz CT molecular complexity index is 527. The lowest BCUT2D eigenvalue weighted by Gasteiger charge is -2.58. The van der Waals surface area contributed by atoms with Crippen LogP contribution < -0.4 is 5.32 Å². The third-order valence-electron chi connectivity index (χ3n) is 6.98. The minimum absolute atomic E-state index is 0.137. The van der Waals surface area contributed by atoms with Crippen molar-refractivity contribution in [2.75, 3.05) is 6.61 Å². The molecule has 5 aliphatic rings. The third-order valence-corrected chi connectivity index (χ3v) is 7.42. The summed E-state index contributed by atoms with van der Waals surface area (Å²) >= 11 is 6.78. The number of esters is 1. The summed E-state index contributed by atoms with van der Waals surface area (Å²) in [6.07, 6.45) is 12.8. The highest BCUT2D eigenvalue weighted by molar-refractivity contribution is 6.24. The molecule has 0 aromatic heterocycles. The van der Waals surface area contributed by atoms with Crippen LogP contribution in [0.4, 0.5) is 0 Å². The van der Waals surface area contributed by atoms with Gasteiger partial charge in [0.15, 0.2) is 6.61 Å². The van der Waals surface area contributed by atoms with Gasteiger partial charge in [-0.2, -0.15) is 0 Å². The van der Waals surface area contributed by atoms with Crippen LogP contribution in [0.2, 0.25) is 0 Å².